The highest BCUT2D eigenvalue weighted by atomic mass is 35.5. The fraction of sp³-hybridized carbons (Fsp3) is 0.833. The Morgan fingerprint density at radius 3 is 2.12 bits per heavy atom. The van der Waals surface area contributed by atoms with Crippen LogP contribution in [-0.2, 0) is 19.1 Å². The Labute approximate surface area is 108 Å². The van der Waals surface area contributed by atoms with Gasteiger partial charge in [0.15, 0.2) is 0 Å². The monoisotopic (exact) mass is 264 g/mol. The maximum absolute atomic E-state index is 10.8. The van der Waals surface area contributed by atoms with Crippen LogP contribution in [0.4, 0.5) is 0 Å². The van der Waals surface area contributed by atoms with Crippen molar-refractivity contribution in [1.82, 2.24) is 0 Å². The summed E-state index contributed by atoms with van der Waals surface area (Å²) < 4.78 is 9.38. The van der Waals surface area contributed by atoms with Crippen molar-refractivity contribution < 1.29 is 19.1 Å². The number of halogens is 1. The topological polar surface area (TPSA) is 52.6 Å². The average molecular weight is 265 g/mol. The van der Waals surface area contributed by atoms with Gasteiger partial charge < -0.3 is 9.47 Å². The fourth-order valence-electron chi connectivity index (χ4n) is 1.41. The SMILES string of the molecule is COC(=O)CCCCCCCCOC(=O)CCl. The minimum absolute atomic E-state index is 0.0759. The smallest absolute Gasteiger partial charge is 0.320 e. The Morgan fingerprint density at radius 2 is 1.53 bits per heavy atom. The Balaban J connectivity index is 3.08. The molecule has 17 heavy (non-hydrogen) atoms. The molecule has 0 aliphatic carbocycles. The van der Waals surface area contributed by atoms with E-state index in [1.165, 1.54) is 7.11 Å². The quantitative estimate of drug-likeness (QED) is 0.346. The van der Waals surface area contributed by atoms with Crippen LogP contribution in [-0.4, -0.2) is 31.5 Å². The van der Waals surface area contributed by atoms with Gasteiger partial charge in [0.05, 0.1) is 13.7 Å². The third-order valence-corrected chi connectivity index (χ3v) is 2.59. The molecule has 0 unspecified atom stereocenters. The molecule has 0 heterocycles. The average Bonchev–Trinajstić information content (AvgIpc) is 2.35. The standard InChI is InChI=1S/C12H21ClO4/c1-16-11(14)8-6-4-2-3-5-7-9-17-12(15)10-13/h2-10H2,1H3. The number of unbranched alkanes of at least 4 members (excludes halogenated alkanes) is 5. The van der Waals surface area contributed by atoms with Crippen molar-refractivity contribution in [3.8, 4) is 0 Å². The molecule has 0 amide bonds. The van der Waals surface area contributed by atoms with E-state index >= 15 is 0 Å². The van der Waals surface area contributed by atoms with Gasteiger partial charge in [-0.1, -0.05) is 25.7 Å². The van der Waals surface area contributed by atoms with Gasteiger partial charge in [-0.05, 0) is 12.8 Å². The molecule has 0 rings (SSSR count). The maximum Gasteiger partial charge on any atom is 0.320 e. The summed E-state index contributed by atoms with van der Waals surface area (Å²) >= 11 is 5.27. The molecule has 0 saturated heterocycles. The van der Waals surface area contributed by atoms with Gasteiger partial charge in [0.1, 0.15) is 5.88 Å². The van der Waals surface area contributed by atoms with Crippen LogP contribution < -0.4 is 0 Å². The second-order valence-corrected chi connectivity index (χ2v) is 4.07. The van der Waals surface area contributed by atoms with Gasteiger partial charge in [0.25, 0.3) is 0 Å². The minimum atomic E-state index is -0.357. The highest BCUT2D eigenvalue weighted by Crippen LogP contribution is 2.07. The van der Waals surface area contributed by atoms with Crippen molar-refractivity contribution >= 4 is 23.5 Å². The first-order chi connectivity index (χ1) is 8.20. The van der Waals surface area contributed by atoms with Crippen molar-refractivity contribution in [2.45, 2.75) is 44.9 Å². The molecule has 0 aliphatic heterocycles. The Bertz CT molecular complexity index is 197. The molecule has 0 aromatic carbocycles. The molecular formula is C12H21ClO4. The van der Waals surface area contributed by atoms with Gasteiger partial charge >= 0.3 is 11.9 Å². The van der Waals surface area contributed by atoms with Crippen LogP contribution in [0.15, 0.2) is 0 Å². The molecule has 0 fully saturated rings. The summed E-state index contributed by atoms with van der Waals surface area (Å²) in [6, 6.07) is 0. The highest BCUT2D eigenvalue weighted by Gasteiger charge is 2.00. The first kappa shape index (κ1) is 16.2. The van der Waals surface area contributed by atoms with Crippen LogP contribution in [0.1, 0.15) is 44.9 Å². The van der Waals surface area contributed by atoms with Crippen molar-refractivity contribution in [1.29, 1.82) is 0 Å². The van der Waals surface area contributed by atoms with Crippen LogP contribution in [0.25, 0.3) is 0 Å². The predicted octanol–water partition coefficient (Wildman–Crippen LogP) is 2.67. The van der Waals surface area contributed by atoms with E-state index in [0.29, 0.717) is 13.0 Å². The van der Waals surface area contributed by atoms with E-state index in [4.69, 9.17) is 16.3 Å². The lowest BCUT2D eigenvalue weighted by molar-refractivity contribution is -0.141. The van der Waals surface area contributed by atoms with Gasteiger partial charge in [-0.25, -0.2) is 0 Å². The molecule has 0 spiro atoms. The molecule has 0 N–H and O–H groups in total. The first-order valence-electron chi connectivity index (χ1n) is 5.99. The minimum Gasteiger partial charge on any atom is -0.469 e. The first-order valence-corrected chi connectivity index (χ1v) is 6.52. The lowest BCUT2D eigenvalue weighted by Gasteiger charge is -2.03. The second kappa shape index (κ2) is 11.7. The molecular weight excluding hydrogens is 244 g/mol. The highest BCUT2D eigenvalue weighted by molar-refractivity contribution is 6.26. The number of carbonyl (C=O) groups is 2. The molecule has 100 valence electrons. The molecule has 0 aliphatic rings. The van der Waals surface area contributed by atoms with E-state index in [1.807, 2.05) is 0 Å². The summed E-state index contributed by atoms with van der Waals surface area (Å²) in [7, 11) is 1.41. The molecule has 0 saturated carbocycles. The Hall–Kier alpha value is -0.770. The molecule has 0 aromatic heterocycles. The van der Waals surface area contributed by atoms with E-state index in [2.05, 4.69) is 4.74 Å². The van der Waals surface area contributed by atoms with E-state index in [-0.39, 0.29) is 17.8 Å². The van der Waals surface area contributed by atoms with E-state index in [0.717, 1.165) is 38.5 Å². The zero-order chi connectivity index (χ0) is 12.9. The fourth-order valence-corrected chi connectivity index (χ4v) is 1.48. The third-order valence-electron chi connectivity index (χ3n) is 2.38. The number of hydrogen-bond acceptors (Lipinski definition) is 4. The number of alkyl halides is 1. The molecule has 0 bridgehead atoms. The Morgan fingerprint density at radius 1 is 0.941 bits per heavy atom. The molecule has 4 nitrogen and oxygen atoms in total. The lowest BCUT2D eigenvalue weighted by Crippen LogP contribution is -2.06. The lowest BCUT2D eigenvalue weighted by atomic mass is 10.1. The van der Waals surface area contributed by atoms with E-state index < -0.39 is 0 Å². The van der Waals surface area contributed by atoms with E-state index in [9.17, 15) is 9.59 Å². The third kappa shape index (κ3) is 11.5. The second-order valence-electron chi connectivity index (χ2n) is 3.80. The molecule has 0 aromatic rings. The van der Waals surface area contributed by atoms with Crippen molar-refractivity contribution in [3.63, 3.8) is 0 Å². The normalized spacial score (nSPS) is 10.0. The molecule has 5 heteroatoms. The van der Waals surface area contributed by atoms with Crippen LogP contribution in [0.2, 0.25) is 0 Å². The van der Waals surface area contributed by atoms with Crippen molar-refractivity contribution in [2.24, 2.45) is 0 Å². The van der Waals surface area contributed by atoms with Gasteiger partial charge in [-0.15, -0.1) is 11.6 Å². The zero-order valence-electron chi connectivity index (χ0n) is 10.4. The molecule has 0 atom stereocenters. The summed E-state index contributed by atoms with van der Waals surface area (Å²) in [6.45, 7) is 0.452. The van der Waals surface area contributed by atoms with Gasteiger partial charge in [-0.2, -0.15) is 0 Å². The largest absolute Gasteiger partial charge is 0.469 e. The number of methoxy groups -OCH3 is 1. The maximum atomic E-state index is 10.8. The van der Waals surface area contributed by atoms with Gasteiger partial charge in [-0.3, -0.25) is 9.59 Å². The summed E-state index contributed by atoms with van der Waals surface area (Å²) in [5.74, 6) is -0.573. The van der Waals surface area contributed by atoms with Crippen molar-refractivity contribution in [2.75, 3.05) is 19.6 Å². The van der Waals surface area contributed by atoms with E-state index in [1.54, 1.807) is 0 Å². The van der Waals surface area contributed by atoms with Crippen LogP contribution in [0, 0.1) is 0 Å². The van der Waals surface area contributed by atoms with Crippen LogP contribution in [0.5, 0.6) is 0 Å². The summed E-state index contributed by atoms with van der Waals surface area (Å²) in [5.41, 5.74) is 0. The zero-order valence-corrected chi connectivity index (χ0v) is 11.1. The van der Waals surface area contributed by atoms with Gasteiger partial charge in [0, 0.05) is 6.42 Å². The molecule has 0 radical (unpaired) electrons. The number of esters is 2. The van der Waals surface area contributed by atoms with Crippen LogP contribution in [0.3, 0.4) is 0 Å². The number of hydrogen-bond donors (Lipinski definition) is 0. The van der Waals surface area contributed by atoms with Crippen molar-refractivity contribution in [3.05, 3.63) is 0 Å². The number of rotatable bonds is 10. The summed E-state index contributed by atoms with van der Waals surface area (Å²) in [5, 5.41) is 0. The Kier molecular flexibility index (Phi) is 11.2. The number of ether oxygens (including phenoxy) is 2. The van der Waals surface area contributed by atoms with Gasteiger partial charge in [0.2, 0.25) is 0 Å². The number of carbonyl (C=O) groups excluding carboxylic acids is 2. The predicted molar refractivity (Wildman–Crippen MR) is 66.0 cm³/mol. The summed E-state index contributed by atoms with van der Waals surface area (Å²) in [4.78, 5) is 21.5. The van der Waals surface area contributed by atoms with Crippen LogP contribution >= 0.6 is 11.6 Å². The summed E-state index contributed by atoms with van der Waals surface area (Å²) in [6.07, 6.45) is 6.53.